The molecule has 21 heavy (non-hydrogen) atoms. The summed E-state index contributed by atoms with van der Waals surface area (Å²) in [5, 5.41) is 0. The minimum atomic E-state index is -3.66. The molecule has 7 heteroatoms. The molecule has 0 spiro atoms. The highest BCUT2D eigenvalue weighted by atomic mass is 35.5. The number of halogens is 1. The minimum Gasteiger partial charge on any atom is -0.495 e. The third kappa shape index (κ3) is 3.18. The lowest BCUT2D eigenvalue weighted by atomic mass is 10.2. The van der Waals surface area contributed by atoms with Crippen molar-refractivity contribution >= 4 is 21.6 Å². The Bertz CT molecular complexity index is 605. The van der Waals surface area contributed by atoms with E-state index in [1.807, 2.05) is 6.92 Å². The number of sulfonamides is 1. The average Bonchev–Trinajstić information content (AvgIpc) is 2.91. The Morgan fingerprint density at radius 3 is 2.71 bits per heavy atom. The Balaban J connectivity index is 2.43. The van der Waals surface area contributed by atoms with Gasteiger partial charge in [-0.1, -0.05) is 6.07 Å². The summed E-state index contributed by atoms with van der Waals surface area (Å²) in [6.07, 6.45) is 0.570. The highest BCUT2D eigenvalue weighted by molar-refractivity contribution is 7.89. The number of nitrogens with zero attached hydrogens (tertiary/aromatic N) is 1. The first-order valence-corrected chi connectivity index (χ1v) is 8.71. The highest BCUT2D eigenvalue weighted by Crippen LogP contribution is 2.31. The van der Waals surface area contributed by atoms with E-state index in [1.54, 1.807) is 25.2 Å². The molecule has 0 aromatic heterocycles. The van der Waals surface area contributed by atoms with E-state index >= 15 is 0 Å². The summed E-state index contributed by atoms with van der Waals surface area (Å²) in [6, 6.07) is 4.79. The lowest BCUT2D eigenvalue weighted by Crippen LogP contribution is -2.41. The summed E-state index contributed by atoms with van der Waals surface area (Å²) >= 11 is 5.81. The maximum atomic E-state index is 12.9. The first kappa shape index (κ1) is 16.5. The molecule has 2 atom stereocenters. The Kier molecular flexibility index (Phi) is 5.14. The van der Waals surface area contributed by atoms with Crippen molar-refractivity contribution in [2.24, 2.45) is 0 Å². The van der Waals surface area contributed by atoms with Crippen LogP contribution in [0.4, 0.5) is 0 Å². The fraction of sp³-hybridized carbons (Fsp3) is 0.571. The van der Waals surface area contributed by atoms with E-state index in [1.165, 1.54) is 11.4 Å². The molecule has 1 aliphatic rings. The van der Waals surface area contributed by atoms with Crippen LogP contribution in [-0.2, 0) is 20.6 Å². The zero-order chi connectivity index (χ0) is 15.6. The lowest BCUT2D eigenvalue weighted by molar-refractivity contribution is 0.102. The van der Waals surface area contributed by atoms with Crippen molar-refractivity contribution in [3.05, 3.63) is 23.8 Å². The third-order valence-corrected chi connectivity index (χ3v) is 6.06. The monoisotopic (exact) mass is 333 g/mol. The second-order valence-corrected chi connectivity index (χ2v) is 7.31. The van der Waals surface area contributed by atoms with E-state index in [0.29, 0.717) is 18.8 Å². The van der Waals surface area contributed by atoms with Gasteiger partial charge in [0.2, 0.25) is 10.0 Å². The molecule has 0 amide bonds. The maximum Gasteiger partial charge on any atom is 0.246 e. The quantitative estimate of drug-likeness (QED) is 0.775. The smallest absolute Gasteiger partial charge is 0.246 e. The number of methoxy groups -OCH3 is 1. The van der Waals surface area contributed by atoms with Crippen molar-refractivity contribution in [2.75, 3.05) is 20.8 Å². The summed E-state index contributed by atoms with van der Waals surface area (Å²) in [5.74, 6) is 0.571. The van der Waals surface area contributed by atoms with Crippen LogP contribution in [0.5, 0.6) is 5.75 Å². The molecule has 0 aliphatic carbocycles. The van der Waals surface area contributed by atoms with Crippen molar-refractivity contribution in [1.29, 1.82) is 0 Å². The van der Waals surface area contributed by atoms with Crippen molar-refractivity contribution in [3.63, 3.8) is 0 Å². The normalized spacial score (nSPS) is 22.7. The summed E-state index contributed by atoms with van der Waals surface area (Å²) in [5.41, 5.74) is 0.736. The predicted molar refractivity (Wildman–Crippen MR) is 81.3 cm³/mol. The summed E-state index contributed by atoms with van der Waals surface area (Å²) in [6.45, 7) is 2.46. The van der Waals surface area contributed by atoms with Crippen LogP contribution < -0.4 is 4.74 Å². The van der Waals surface area contributed by atoms with Crippen LogP contribution in [0.25, 0.3) is 0 Å². The molecule has 1 fully saturated rings. The van der Waals surface area contributed by atoms with Crippen LogP contribution >= 0.6 is 11.6 Å². The minimum absolute atomic E-state index is 0.119. The van der Waals surface area contributed by atoms with Crippen molar-refractivity contribution in [2.45, 2.75) is 36.3 Å². The second kappa shape index (κ2) is 6.52. The molecule has 2 unspecified atom stereocenters. The summed E-state index contributed by atoms with van der Waals surface area (Å²) in [7, 11) is -0.625. The average molecular weight is 334 g/mol. The van der Waals surface area contributed by atoms with Gasteiger partial charge in [-0.25, -0.2) is 8.42 Å². The molecule has 0 radical (unpaired) electrons. The van der Waals surface area contributed by atoms with E-state index in [2.05, 4.69) is 0 Å². The molecule has 2 rings (SSSR count). The zero-order valence-electron chi connectivity index (χ0n) is 12.4. The van der Waals surface area contributed by atoms with Crippen LogP contribution in [-0.4, -0.2) is 45.6 Å². The third-order valence-electron chi connectivity index (χ3n) is 3.84. The van der Waals surface area contributed by atoms with Crippen LogP contribution in [0.15, 0.2) is 23.1 Å². The van der Waals surface area contributed by atoms with Gasteiger partial charge < -0.3 is 9.47 Å². The van der Waals surface area contributed by atoms with Gasteiger partial charge >= 0.3 is 0 Å². The number of hydrogen-bond donors (Lipinski definition) is 0. The van der Waals surface area contributed by atoms with Crippen molar-refractivity contribution in [1.82, 2.24) is 4.31 Å². The Hall–Kier alpha value is -0.820. The molecule has 5 nitrogen and oxygen atoms in total. The van der Waals surface area contributed by atoms with Gasteiger partial charge in [0.05, 0.1) is 19.3 Å². The SMILES string of the molecule is COc1ccc(CCl)cc1S(=O)(=O)N(C)C1CCOC1C. The maximum absolute atomic E-state index is 12.9. The Morgan fingerprint density at radius 2 is 2.19 bits per heavy atom. The second-order valence-electron chi connectivity index (χ2n) is 5.07. The highest BCUT2D eigenvalue weighted by Gasteiger charge is 2.36. The topological polar surface area (TPSA) is 55.8 Å². The number of alkyl halides is 1. The molecule has 1 aromatic carbocycles. The molecule has 1 saturated heterocycles. The van der Waals surface area contributed by atoms with E-state index in [9.17, 15) is 8.42 Å². The first-order valence-electron chi connectivity index (χ1n) is 6.74. The van der Waals surface area contributed by atoms with Gasteiger partial charge in [0.25, 0.3) is 0 Å². The molecular formula is C14H20ClNO4S. The van der Waals surface area contributed by atoms with Gasteiger partial charge in [-0.2, -0.15) is 4.31 Å². The molecule has 1 heterocycles. The van der Waals surface area contributed by atoms with Crippen LogP contribution in [0, 0.1) is 0 Å². The van der Waals surface area contributed by atoms with Crippen LogP contribution in [0.2, 0.25) is 0 Å². The number of rotatable bonds is 5. The standard InChI is InChI=1S/C14H20ClNO4S/c1-10-12(6-7-20-10)16(2)21(17,18)14-8-11(9-15)4-5-13(14)19-3/h4-5,8,10,12H,6-7,9H2,1-3H3. The largest absolute Gasteiger partial charge is 0.495 e. The van der Waals surface area contributed by atoms with Crippen LogP contribution in [0.1, 0.15) is 18.9 Å². The first-order chi connectivity index (χ1) is 9.91. The van der Waals surface area contributed by atoms with Crippen molar-refractivity contribution < 1.29 is 17.9 Å². The van der Waals surface area contributed by atoms with E-state index in [-0.39, 0.29) is 22.9 Å². The van der Waals surface area contributed by atoms with Gasteiger partial charge in [0, 0.05) is 19.5 Å². The Labute approximate surface area is 130 Å². The Morgan fingerprint density at radius 1 is 1.48 bits per heavy atom. The molecular weight excluding hydrogens is 314 g/mol. The predicted octanol–water partition coefficient (Wildman–Crippen LogP) is 2.23. The number of benzene rings is 1. The summed E-state index contributed by atoms with van der Waals surface area (Å²) < 4.78 is 37.7. The molecule has 1 aliphatic heterocycles. The lowest BCUT2D eigenvalue weighted by Gasteiger charge is -2.26. The van der Waals surface area contributed by atoms with Gasteiger partial charge in [-0.15, -0.1) is 11.6 Å². The summed E-state index contributed by atoms with van der Waals surface area (Å²) in [4.78, 5) is 0.143. The molecule has 118 valence electrons. The van der Waals surface area contributed by atoms with Crippen molar-refractivity contribution in [3.8, 4) is 5.75 Å². The van der Waals surface area contributed by atoms with E-state index in [4.69, 9.17) is 21.1 Å². The van der Waals surface area contributed by atoms with E-state index < -0.39 is 10.0 Å². The number of likely N-dealkylation sites (N-methyl/N-ethyl adjacent to an activating group) is 1. The van der Waals surface area contributed by atoms with Crippen LogP contribution in [0.3, 0.4) is 0 Å². The molecule has 0 saturated carbocycles. The van der Waals surface area contributed by atoms with Gasteiger partial charge in [0.15, 0.2) is 0 Å². The van der Waals surface area contributed by atoms with E-state index in [0.717, 1.165) is 5.56 Å². The fourth-order valence-electron chi connectivity index (χ4n) is 2.54. The number of ether oxygens (including phenoxy) is 2. The van der Waals surface area contributed by atoms with Gasteiger partial charge in [-0.05, 0) is 31.0 Å². The van der Waals surface area contributed by atoms with Gasteiger partial charge in [0.1, 0.15) is 10.6 Å². The molecule has 0 N–H and O–H groups in total. The zero-order valence-corrected chi connectivity index (χ0v) is 13.9. The molecule has 0 bridgehead atoms. The fourth-order valence-corrected chi connectivity index (χ4v) is 4.35. The molecule has 1 aromatic rings. The number of hydrogen-bond acceptors (Lipinski definition) is 4. The van der Waals surface area contributed by atoms with Gasteiger partial charge in [-0.3, -0.25) is 0 Å².